The van der Waals surface area contributed by atoms with E-state index in [2.05, 4.69) is 38.3 Å². The van der Waals surface area contributed by atoms with Gasteiger partial charge in [-0.05, 0) is 64.8 Å². The number of anilines is 1. The number of ether oxygens (including phenoxy) is 1. The fraction of sp³-hybridized carbons (Fsp3) is 0.583. The van der Waals surface area contributed by atoms with Crippen LogP contribution >= 0.6 is 11.6 Å². The number of nitrogens with one attached hydrogen (secondary N) is 2. The number of piperidine rings is 1. The number of halogens is 1. The first-order valence-corrected chi connectivity index (χ1v) is 11.4. The topological polar surface area (TPSA) is 70.7 Å². The van der Waals surface area contributed by atoms with Gasteiger partial charge in [-0.25, -0.2) is 0 Å². The van der Waals surface area contributed by atoms with E-state index < -0.39 is 17.4 Å². The SMILES string of the molecule is CC1(C)CC(NC(=O)C2C3C(=O)N(c4ccc(Cl)cc4)C[C@]34C=C[C@H]2O4)CC(C)(C)N1. The highest BCUT2D eigenvalue weighted by Crippen LogP contribution is 2.52. The Morgan fingerprint density at radius 1 is 1.16 bits per heavy atom. The molecule has 2 amide bonds. The molecular weight excluding hydrogens is 414 g/mol. The lowest BCUT2D eigenvalue weighted by Gasteiger charge is -2.47. The van der Waals surface area contributed by atoms with Gasteiger partial charge in [0.1, 0.15) is 5.60 Å². The fourth-order valence-corrected chi connectivity index (χ4v) is 6.48. The highest BCUT2D eigenvalue weighted by Gasteiger charge is 2.67. The normalized spacial score (nSPS) is 35.5. The van der Waals surface area contributed by atoms with Crippen molar-refractivity contribution in [1.82, 2.24) is 10.6 Å². The Bertz CT molecular complexity index is 941. The van der Waals surface area contributed by atoms with Gasteiger partial charge in [0.25, 0.3) is 0 Å². The van der Waals surface area contributed by atoms with E-state index in [1.54, 1.807) is 17.0 Å². The minimum absolute atomic E-state index is 0.0553. The Hall–Kier alpha value is -1.89. The summed E-state index contributed by atoms with van der Waals surface area (Å²) in [5.41, 5.74) is -0.0865. The van der Waals surface area contributed by atoms with E-state index in [1.165, 1.54) is 0 Å². The van der Waals surface area contributed by atoms with Gasteiger partial charge in [0, 0.05) is 27.8 Å². The number of fused-ring (bicyclic) bond motifs is 1. The smallest absolute Gasteiger partial charge is 0.234 e. The van der Waals surface area contributed by atoms with Gasteiger partial charge in [0.2, 0.25) is 11.8 Å². The standard InChI is InChI=1S/C24H30ClN3O3/c1-22(2)11-15(12-23(3,4)27-22)26-20(29)18-17-9-10-24(31-17)13-28(21(30)19(18)24)16-7-5-14(25)6-8-16/h5-10,15,17-19,27H,11-13H2,1-4H3,(H,26,29)/t17-,18?,19?,24-/m1/s1. The van der Waals surface area contributed by atoms with Crippen LogP contribution in [0.2, 0.25) is 5.02 Å². The van der Waals surface area contributed by atoms with Gasteiger partial charge in [-0.15, -0.1) is 0 Å². The number of rotatable bonds is 3. The van der Waals surface area contributed by atoms with Gasteiger partial charge < -0.3 is 20.3 Å². The van der Waals surface area contributed by atoms with E-state index in [0.717, 1.165) is 18.5 Å². The van der Waals surface area contributed by atoms with E-state index >= 15 is 0 Å². The molecule has 0 saturated carbocycles. The highest BCUT2D eigenvalue weighted by molar-refractivity contribution is 6.30. The number of hydrogen-bond acceptors (Lipinski definition) is 4. The summed E-state index contributed by atoms with van der Waals surface area (Å²) in [5, 5.41) is 7.53. The molecule has 3 saturated heterocycles. The molecular formula is C24H30ClN3O3. The van der Waals surface area contributed by atoms with Crippen LogP contribution in [0.3, 0.4) is 0 Å². The molecule has 5 rings (SSSR count). The van der Waals surface area contributed by atoms with Gasteiger partial charge in [-0.3, -0.25) is 9.59 Å². The third-order valence-corrected chi connectivity index (χ3v) is 7.33. The summed E-state index contributed by atoms with van der Waals surface area (Å²) in [6, 6.07) is 7.27. The molecule has 4 atom stereocenters. The Morgan fingerprint density at radius 3 is 2.45 bits per heavy atom. The lowest BCUT2D eigenvalue weighted by atomic mass is 9.75. The largest absolute Gasteiger partial charge is 0.360 e. The first-order chi connectivity index (χ1) is 14.5. The lowest BCUT2D eigenvalue weighted by molar-refractivity contribution is -0.132. The van der Waals surface area contributed by atoms with Crippen molar-refractivity contribution < 1.29 is 14.3 Å². The van der Waals surface area contributed by atoms with Gasteiger partial charge in [-0.2, -0.15) is 0 Å². The number of carbonyl (C=O) groups is 2. The molecule has 31 heavy (non-hydrogen) atoms. The highest BCUT2D eigenvalue weighted by atomic mass is 35.5. The molecule has 2 bridgehead atoms. The zero-order valence-corrected chi connectivity index (χ0v) is 19.2. The first-order valence-electron chi connectivity index (χ1n) is 11.0. The molecule has 1 aromatic rings. The summed E-state index contributed by atoms with van der Waals surface area (Å²) < 4.78 is 6.26. The van der Waals surface area contributed by atoms with E-state index in [4.69, 9.17) is 16.3 Å². The summed E-state index contributed by atoms with van der Waals surface area (Å²) in [5.74, 6) is -1.14. The Balaban J connectivity index is 1.37. The Labute approximate surface area is 188 Å². The second-order valence-corrected chi connectivity index (χ2v) is 11.2. The summed E-state index contributed by atoms with van der Waals surface area (Å²) >= 11 is 6.01. The van der Waals surface area contributed by atoms with Crippen molar-refractivity contribution in [2.45, 2.75) is 69.4 Å². The van der Waals surface area contributed by atoms with Crippen molar-refractivity contribution in [2.75, 3.05) is 11.4 Å². The number of amides is 2. The minimum atomic E-state index is -0.726. The quantitative estimate of drug-likeness (QED) is 0.704. The van der Waals surface area contributed by atoms with Crippen molar-refractivity contribution in [3.8, 4) is 0 Å². The molecule has 166 valence electrons. The minimum Gasteiger partial charge on any atom is -0.360 e. The van der Waals surface area contributed by atoms with Crippen LogP contribution in [-0.4, -0.2) is 47.2 Å². The summed E-state index contributed by atoms with van der Waals surface area (Å²) in [7, 11) is 0. The molecule has 2 N–H and O–H groups in total. The van der Waals surface area contributed by atoms with Gasteiger partial charge in [0.15, 0.2) is 0 Å². The van der Waals surface area contributed by atoms with Crippen LogP contribution in [0.15, 0.2) is 36.4 Å². The van der Waals surface area contributed by atoms with Gasteiger partial charge in [0.05, 0.1) is 24.5 Å². The number of benzene rings is 1. The molecule has 1 spiro atoms. The average molecular weight is 444 g/mol. The molecule has 7 heteroatoms. The lowest BCUT2D eigenvalue weighted by Crippen LogP contribution is -2.62. The maximum Gasteiger partial charge on any atom is 0.234 e. The molecule has 1 aromatic carbocycles. The average Bonchev–Trinajstić information content (AvgIpc) is 3.28. The molecule has 0 aromatic heterocycles. The monoisotopic (exact) mass is 443 g/mol. The van der Waals surface area contributed by atoms with Crippen molar-refractivity contribution in [3.63, 3.8) is 0 Å². The third kappa shape index (κ3) is 3.49. The maximum absolute atomic E-state index is 13.5. The van der Waals surface area contributed by atoms with E-state index in [1.807, 2.05) is 24.3 Å². The van der Waals surface area contributed by atoms with E-state index in [-0.39, 0.29) is 35.0 Å². The van der Waals surface area contributed by atoms with Gasteiger partial charge >= 0.3 is 0 Å². The summed E-state index contributed by atoms with van der Waals surface area (Å²) in [6.45, 7) is 9.07. The van der Waals surface area contributed by atoms with Crippen molar-refractivity contribution >= 4 is 29.1 Å². The van der Waals surface area contributed by atoms with Crippen LogP contribution in [0.5, 0.6) is 0 Å². The number of carbonyl (C=O) groups excluding carboxylic acids is 2. The summed E-state index contributed by atoms with van der Waals surface area (Å²) in [6.07, 6.45) is 5.28. The van der Waals surface area contributed by atoms with E-state index in [9.17, 15) is 9.59 Å². The van der Waals surface area contributed by atoms with Crippen LogP contribution < -0.4 is 15.5 Å². The molecule has 2 unspecified atom stereocenters. The molecule has 0 aliphatic carbocycles. The van der Waals surface area contributed by atoms with Crippen LogP contribution in [-0.2, 0) is 14.3 Å². The van der Waals surface area contributed by atoms with Crippen LogP contribution in [0, 0.1) is 11.8 Å². The molecule has 6 nitrogen and oxygen atoms in total. The molecule has 0 radical (unpaired) electrons. The Morgan fingerprint density at radius 2 is 1.81 bits per heavy atom. The van der Waals surface area contributed by atoms with Crippen LogP contribution in [0.4, 0.5) is 5.69 Å². The predicted molar refractivity (Wildman–Crippen MR) is 120 cm³/mol. The van der Waals surface area contributed by atoms with Crippen molar-refractivity contribution in [2.24, 2.45) is 11.8 Å². The zero-order valence-electron chi connectivity index (χ0n) is 18.4. The molecule has 4 aliphatic heterocycles. The van der Waals surface area contributed by atoms with Crippen molar-refractivity contribution in [3.05, 3.63) is 41.4 Å². The second-order valence-electron chi connectivity index (χ2n) is 10.8. The first kappa shape index (κ1) is 21.0. The zero-order chi connectivity index (χ0) is 22.2. The predicted octanol–water partition coefficient (Wildman–Crippen LogP) is 3.05. The van der Waals surface area contributed by atoms with Crippen molar-refractivity contribution in [1.29, 1.82) is 0 Å². The number of hydrogen-bond donors (Lipinski definition) is 2. The fourth-order valence-electron chi connectivity index (χ4n) is 6.36. The van der Waals surface area contributed by atoms with Crippen LogP contribution in [0.25, 0.3) is 0 Å². The Kier molecular flexibility index (Phi) is 4.60. The second kappa shape index (κ2) is 6.80. The third-order valence-electron chi connectivity index (χ3n) is 7.08. The molecule has 4 aliphatic rings. The molecule has 3 fully saturated rings. The van der Waals surface area contributed by atoms with Gasteiger partial charge in [-0.1, -0.05) is 23.8 Å². The van der Waals surface area contributed by atoms with Crippen LogP contribution in [0.1, 0.15) is 40.5 Å². The number of nitrogens with zero attached hydrogens (tertiary/aromatic N) is 1. The maximum atomic E-state index is 13.5. The summed E-state index contributed by atoms with van der Waals surface area (Å²) in [4.78, 5) is 28.6. The molecule has 4 heterocycles. The van der Waals surface area contributed by atoms with E-state index in [0.29, 0.717) is 11.6 Å².